The van der Waals surface area contributed by atoms with E-state index in [-0.39, 0.29) is 35.6 Å². The zero-order chi connectivity index (χ0) is 25.4. The summed E-state index contributed by atoms with van der Waals surface area (Å²) in [6.07, 6.45) is 1.90. The summed E-state index contributed by atoms with van der Waals surface area (Å²) < 4.78 is 5.99. The quantitative estimate of drug-likeness (QED) is 0.635. The average molecular weight is 480 g/mol. The number of nitrogens with zero attached hydrogens (tertiary/aromatic N) is 1. The van der Waals surface area contributed by atoms with Crippen LogP contribution in [0.5, 0.6) is 0 Å². The van der Waals surface area contributed by atoms with Gasteiger partial charge in [0.15, 0.2) is 6.04 Å². The van der Waals surface area contributed by atoms with Crippen LogP contribution in [0.25, 0.3) is 0 Å². The van der Waals surface area contributed by atoms with Crippen molar-refractivity contribution in [2.45, 2.75) is 85.0 Å². The maximum atomic E-state index is 14.2. The molecule has 7 heteroatoms. The maximum Gasteiger partial charge on any atom is 0.250 e. The molecule has 2 heterocycles. The lowest BCUT2D eigenvalue weighted by Gasteiger charge is -2.44. The van der Waals surface area contributed by atoms with Crippen molar-refractivity contribution in [1.82, 2.24) is 15.5 Å². The van der Waals surface area contributed by atoms with Crippen LogP contribution < -0.4 is 10.6 Å². The minimum atomic E-state index is -1.02. The molecule has 35 heavy (non-hydrogen) atoms. The molecule has 3 atom stereocenters. The van der Waals surface area contributed by atoms with Crippen LogP contribution in [-0.4, -0.2) is 40.7 Å². The zero-order valence-corrected chi connectivity index (χ0v) is 21.6. The SMILES string of the molecule is Cc1cc(C(C(=O)NC(C)C)N2C(=O)C(C3Cc4ccccc4C3)NC(=O)[C@H]2CC(C)C)oc1C. The molecule has 0 saturated carbocycles. The average Bonchev–Trinajstić information content (AvgIpc) is 3.34. The van der Waals surface area contributed by atoms with E-state index in [0.29, 0.717) is 17.9 Å². The van der Waals surface area contributed by atoms with E-state index >= 15 is 0 Å². The van der Waals surface area contributed by atoms with Gasteiger partial charge in [0.05, 0.1) is 0 Å². The number of nitrogens with one attached hydrogen (secondary N) is 2. The molecule has 2 aromatic rings. The Balaban J connectivity index is 1.75. The highest BCUT2D eigenvalue weighted by Gasteiger charge is 2.50. The van der Waals surface area contributed by atoms with Gasteiger partial charge in [0, 0.05) is 6.04 Å². The number of aryl methyl sites for hydroxylation is 2. The molecule has 1 aromatic heterocycles. The minimum Gasteiger partial charge on any atom is -0.463 e. The minimum absolute atomic E-state index is 0.0553. The molecule has 2 unspecified atom stereocenters. The third kappa shape index (κ3) is 5.00. The lowest BCUT2D eigenvalue weighted by Crippen LogP contribution is -2.67. The van der Waals surface area contributed by atoms with Gasteiger partial charge in [-0.25, -0.2) is 0 Å². The summed E-state index contributed by atoms with van der Waals surface area (Å²) in [6.45, 7) is 11.5. The fraction of sp³-hybridized carbons (Fsp3) is 0.536. The molecule has 1 aromatic carbocycles. The van der Waals surface area contributed by atoms with Crippen molar-refractivity contribution in [3.63, 3.8) is 0 Å². The Bertz CT molecular complexity index is 1070. The summed E-state index contributed by atoms with van der Waals surface area (Å²) in [5.41, 5.74) is 3.32. The summed E-state index contributed by atoms with van der Waals surface area (Å²) >= 11 is 0. The molecule has 2 aliphatic rings. The molecule has 1 fully saturated rings. The number of amides is 3. The van der Waals surface area contributed by atoms with Crippen LogP contribution in [0.1, 0.15) is 68.4 Å². The maximum absolute atomic E-state index is 14.2. The van der Waals surface area contributed by atoms with Crippen LogP contribution in [0.2, 0.25) is 0 Å². The Morgan fingerprint density at radius 2 is 1.74 bits per heavy atom. The second kappa shape index (κ2) is 9.88. The normalized spacial score (nSPS) is 21.4. The molecule has 1 saturated heterocycles. The van der Waals surface area contributed by atoms with Gasteiger partial charge in [-0.05, 0) is 81.5 Å². The van der Waals surface area contributed by atoms with Crippen LogP contribution in [-0.2, 0) is 27.2 Å². The van der Waals surface area contributed by atoms with Crippen molar-refractivity contribution < 1.29 is 18.8 Å². The summed E-state index contributed by atoms with van der Waals surface area (Å²) in [6, 6.07) is 7.39. The molecule has 1 aliphatic carbocycles. The molecule has 3 amide bonds. The third-order valence-electron chi connectivity index (χ3n) is 7.12. The van der Waals surface area contributed by atoms with Crippen molar-refractivity contribution in [1.29, 1.82) is 0 Å². The van der Waals surface area contributed by atoms with Gasteiger partial charge in [0.2, 0.25) is 11.8 Å². The summed E-state index contributed by atoms with van der Waals surface area (Å²) in [5, 5.41) is 5.99. The molecule has 0 spiro atoms. The second-order valence-electron chi connectivity index (χ2n) is 10.8. The van der Waals surface area contributed by atoms with Crippen LogP contribution in [0, 0.1) is 25.7 Å². The smallest absolute Gasteiger partial charge is 0.250 e. The van der Waals surface area contributed by atoms with E-state index in [2.05, 4.69) is 22.8 Å². The monoisotopic (exact) mass is 479 g/mol. The van der Waals surface area contributed by atoms with E-state index < -0.39 is 18.1 Å². The van der Waals surface area contributed by atoms with Gasteiger partial charge in [-0.1, -0.05) is 38.1 Å². The largest absolute Gasteiger partial charge is 0.463 e. The first-order valence-corrected chi connectivity index (χ1v) is 12.6. The van der Waals surface area contributed by atoms with E-state index in [1.165, 1.54) is 16.0 Å². The van der Waals surface area contributed by atoms with Gasteiger partial charge in [-0.15, -0.1) is 0 Å². The van der Waals surface area contributed by atoms with Gasteiger partial charge < -0.3 is 20.0 Å². The first-order valence-electron chi connectivity index (χ1n) is 12.6. The number of fused-ring (bicyclic) bond motifs is 1. The lowest BCUT2D eigenvalue weighted by atomic mass is 9.88. The number of carbonyl (C=O) groups is 3. The number of hydrogen-bond donors (Lipinski definition) is 2. The van der Waals surface area contributed by atoms with Crippen LogP contribution in [0.15, 0.2) is 34.7 Å². The summed E-state index contributed by atoms with van der Waals surface area (Å²) in [4.78, 5) is 42.8. The van der Waals surface area contributed by atoms with Crippen molar-refractivity contribution in [3.8, 4) is 0 Å². The van der Waals surface area contributed by atoms with E-state index in [4.69, 9.17) is 4.42 Å². The van der Waals surface area contributed by atoms with Crippen LogP contribution in [0.3, 0.4) is 0 Å². The summed E-state index contributed by atoms with van der Waals surface area (Å²) in [5.74, 6) is 0.426. The molecular weight excluding hydrogens is 442 g/mol. The van der Waals surface area contributed by atoms with Gasteiger partial charge in [-0.3, -0.25) is 14.4 Å². The first-order chi connectivity index (χ1) is 16.6. The van der Waals surface area contributed by atoms with Crippen molar-refractivity contribution >= 4 is 17.7 Å². The Kier molecular flexibility index (Phi) is 7.06. The highest BCUT2D eigenvalue weighted by atomic mass is 16.3. The predicted molar refractivity (Wildman–Crippen MR) is 134 cm³/mol. The van der Waals surface area contributed by atoms with Crippen LogP contribution in [0.4, 0.5) is 0 Å². The zero-order valence-electron chi connectivity index (χ0n) is 21.6. The Hall–Kier alpha value is -3.09. The summed E-state index contributed by atoms with van der Waals surface area (Å²) in [7, 11) is 0. The number of furan rings is 1. The van der Waals surface area contributed by atoms with E-state index in [1.807, 2.05) is 59.7 Å². The highest BCUT2D eigenvalue weighted by Crippen LogP contribution is 2.36. The fourth-order valence-corrected chi connectivity index (χ4v) is 5.37. The van der Waals surface area contributed by atoms with Gasteiger partial charge in [0.1, 0.15) is 23.6 Å². The number of piperazine rings is 1. The van der Waals surface area contributed by atoms with Crippen molar-refractivity contribution in [2.75, 3.05) is 0 Å². The fourth-order valence-electron chi connectivity index (χ4n) is 5.37. The number of rotatable bonds is 7. The van der Waals surface area contributed by atoms with Crippen molar-refractivity contribution in [3.05, 3.63) is 58.5 Å². The standard InChI is InChI=1S/C28H37N3O4/c1-15(2)11-22-26(32)30-24(21-13-19-9-7-8-10-20(19)14-21)28(34)31(22)25(27(33)29-16(3)4)23-12-17(5)18(6)35-23/h7-10,12,15-16,21-22,24-25H,11,13-14H2,1-6H3,(H,29,33)(H,30,32)/t22-,24?,25?/m1/s1. The molecular formula is C28H37N3O4. The lowest BCUT2D eigenvalue weighted by molar-refractivity contribution is -0.158. The highest BCUT2D eigenvalue weighted by molar-refractivity contribution is 6.00. The third-order valence-corrected chi connectivity index (χ3v) is 7.12. The van der Waals surface area contributed by atoms with E-state index in [0.717, 1.165) is 18.4 Å². The molecule has 2 N–H and O–H groups in total. The second-order valence-corrected chi connectivity index (χ2v) is 10.8. The van der Waals surface area contributed by atoms with Crippen molar-refractivity contribution in [2.24, 2.45) is 11.8 Å². The number of hydrogen-bond acceptors (Lipinski definition) is 4. The molecule has 1 aliphatic heterocycles. The van der Waals surface area contributed by atoms with Gasteiger partial charge in [0.25, 0.3) is 5.91 Å². The Labute approximate surface area is 207 Å². The molecule has 0 radical (unpaired) electrons. The first kappa shape index (κ1) is 25.0. The van der Waals surface area contributed by atoms with E-state index in [1.54, 1.807) is 0 Å². The molecule has 0 bridgehead atoms. The number of carbonyl (C=O) groups excluding carboxylic acids is 3. The Morgan fingerprint density at radius 1 is 1.11 bits per heavy atom. The topological polar surface area (TPSA) is 91.7 Å². The van der Waals surface area contributed by atoms with Gasteiger partial charge >= 0.3 is 0 Å². The molecule has 7 nitrogen and oxygen atoms in total. The van der Waals surface area contributed by atoms with E-state index in [9.17, 15) is 14.4 Å². The van der Waals surface area contributed by atoms with Crippen LogP contribution >= 0.6 is 0 Å². The molecule has 4 rings (SSSR count). The molecule has 188 valence electrons. The van der Waals surface area contributed by atoms with Gasteiger partial charge in [-0.2, -0.15) is 0 Å². The Morgan fingerprint density at radius 3 is 2.26 bits per heavy atom. The number of benzene rings is 1. The predicted octanol–water partition coefficient (Wildman–Crippen LogP) is 3.62.